The molecule has 0 saturated heterocycles. The zero-order valence-electron chi connectivity index (χ0n) is 27.6. The summed E-state index contributed by atoms with van der Waals surface area (Å²) in [6, 6.07) is 63.0. The van der Waals surface area contributed by atoms with Crippen molar-refractivity contribution in [3.63, 3.8) is 0 Å². The van der Waals surface area contributed by atoms with Gasteiger partial charge >= 0.3 is 21.2 Å². The topological polar surface area (TPSA) is 9.23 Å². The summed E-state index contributed by atoms with van der Waals surface area (Å²) in [5.41, 5.74) is 5.36. The highest BCUT2D eigenvalue weighted by Crippen LogP contribution is 2.11. The van der Waals surface area contributed by atoms with Crippen molar-refractivity contribution in [3.05, 3.63) is 183 Å². The van der Waals surface area contributed by atoms with Crippen LogP contribution in [0, 0.1) is 7.14 Å². The third-order valence-corrected chi connectivity index (χ3v) is 11.4. The van der Waals surface area contributed by atoms with Gasteiger partial charge in [-0.2, -0.15) is 21.9 Å². The van der Waals surface area contributed by atoms with Crippen molar-refractivity contribution in [1.82, 2.24) is 0 Å². The van der Waals surface area contributed by atoms with E-state index in [0.717, 1.165) is 12.4 Å². The molecule has 3 heteroatoms. The second kappa shape index (κ2) is 18.9. The Balaban J connectivity index is 0.000000186. The Hall–Kier alpha value is -4.09. The first-order valence-corrected chi connectivity index (χ1v) is 19.3. The van der Waals surface area contributed by atoms with Crippen LogP contribution in [0.4, 0.5) is 0 Å². The first-order valence-electron chi connectivity index (χ1n) is 17.1. The van der Waals surface area contributed by atoms with Crippen molar-refractivity contribution in [2.75, 3.05) is 6.61 Å². The lowest BCUT2D eigenvalue weighted by molar-refractivity contribution is -0.597. The maximum absolute atomic E-state index is 5.83. The summed E-state index contributed by atoms with van der Waals surface area (Å²) >= 11 is -0.0655. The molecule has 238 valence electrons. The summed E-state index contributed by atoms with van der Waals surface area (Å²) in [5.74, 6) is 1.01. The van der Waals surface area contributed by atoms with Crippen molar-refractivity contribution < 1.29 is 25.9 Å². The van der Waals surface area contributed by atoms with Crippen LogP contribution in [0.15, 0.2) is 176 Å². The maximum Gasteiger partial charge on any atom is 0.357 e. The van der Waals surface area contributed by atoms with E-state index in [2.05, 4.69) is 183 Å². The fraction of sp³-hybridized carbons (Fsp3) is 0.182. The van der Waals surface area contributed by atoms with Gasteiger partial charge in [-0.3, -0.25) is 0 Å². The summed E-state index contributed by atoms with van der Waals surface area (Å²) in [6.07, 6.45) is 6.64. The minimum Gasteiger partial charge on any atom is -0.494 e. The summed E-state index contributed by atoms with van der Waals surface area (Å²) in [6.45, 7) is 3.10. The lowest BCUT2D eigenvalue weighted by atomic mass is 9.13. The van der Waals surface area contributed by atoms with Gasteiger partial charge in [-0.25, -0.2) is 0 Å². The van der Waals surface area contributed by atoms with Gasteiger partial charge in [-0.15, -0.1) is 0 Å². The predicted molar refractivity (Wildman–Crippen MR) is 199 cm³/mol. The van der Waals surface area contributed by atoms with E-state index < -0.39 is 6.15 Å². The van der Waals surface area contributed by atoms with Crippen molar-refractivity contribution >= 4 is 28.0 Å². The standard InChI is InChI=1S/C24H20B.C20H26IO/c1-5-13-21(14-6-1)25(22-15-7-2-8-16-22,23-17-9-3-10-18-23)24-19-11-4-12-20-24;1-2-3-4-5-6-10-17-22-20-15-13-19(14-16-20)21-18-11-8-7-9-12-18/h1-20H;7-9,11-16H,2-6,10,17H2,1H3/q-1;+1. The lowest BCUT2D eigenvalue weighted by Gasteiger charge is -2.44. The summed E-state index contributed by atoms with van der Waals surface area (Å²) < 4.78 is 8.73. The second-order valence-corrected chi connectivity index (χ2v) is 15.0. The Kier molecular flexibility index (Phi) is 13.8. The third kappa shape index (κ3) is 9.71. The van der Waals surface area contributed by atoms with Gasteiger partial charge in [-0.1, -0.05) is 179 Å². The van der Waals surface area contributed by atoms with Crippen LogP contribution in [0.5, 0.6) is 5.75 Å². The van der Waals surface area contributed by atoms with Crippen molar-refractivity contribution in [2.45, 2.75) is 45.4 Å². The molecule has 0 heterocycles. The zero-order valence-corrected chi connectivity index (χ0v) is 29.7. The largest absolute Gasteiger partial charge is 0.494 e. The average molecular weight is 729 g/mol. The Morgan fingerprint density at radius 1 is 0.404 bits per heavy atom. The number of hydrogen-bond acceptors (Lipinski definition) is 1. The van der Waals surface area contributed by atoms with Gasteiger partial charge in [0.25, 0.3) is 0 Å². The molecule has 0 amide bonds. The van der Waals surface area contributed by atoms with Crippen LogP contribution in [0.3, 0.4) is 0 Å². The normalized spacial score (nSPS) is 10.9. The molecule has 6 aromatic rings. The van der Waals surface area contributed by atoms with Crippen LogP contribution in [0.1, 0.15) is 45.4 Å². The highest BCUT2D eigenvalue weighted by Gasteiger charge is 2.31. The van der Waals surface area contributed by atoms with E-state index in [-0.39, 0.29) is 21.2 Å². The van der Waals surface area contributed by atoms with Gasteiger partial charge in [0, 0.05) is 0 Å². The first-order chi connectivity index (χ1) is 23.3. The zero-order chi connectivity index (χ0) is 32.4. The fourth-order valence-electron chi connectivity index (χ4n) is 6.39. The van der Waals surface area contributed by atoms with Gasteiger partial charge in [0.2, 0.25) is 0 Å². The van der Waals surface area contributed by atoms with E-state index in [1.54, 1.807) is 0 Å². The average Bonchev–Trinajstić information content (AvgIpc) is 3.15. The quantitative estimate of drug-likeness (QED) is 0.0805. The Labute approximate surface area is 293 Å². The van der Waals surface area contributed by atoms with E-state index in [9.17, 15) is 0 Å². The minimum atomic E-state index is -1.22. The number of unbranched alkanes of at least 4 members (excludes halogenated alkanes) is 5. The molecule has 0 fully saturated rings. The van der Waals surface area contributed by atoms with Crippen molar-refractivity contribution in [3.8, 4) is 5.75 Å². The van der Waals surface area contributed by atoms with E-state index in [1.165, 1.54) is 67.5 Å². The number of hydrogen-bond donors (Lipinski definition) is 0. The van der Waals surface area contributed by atoms with E-state index >= 15 is 0 Å². The fourth-order valence-corrected chi connectivity index (χ4v) is 8.60. The molecule has 0 spiro atoms. The number of benzene rings is 6. The molecule has 0 bridgehead atoms. The monoisotopic (exact) mass is 728 g/mol. The molecule has 6 rings (SSSR count). The van der Waals surface area contributed by atoms with Crippen molar-refractivity contribution in [1.29, 1.82) is 0 Å². The minimum absolute atomic E-state index is 0.0655. The smallest absolute Gasteiger partial charge is 0.357 e. The van der Waals surface area contributed by atoms with Crippen molar-refractivity contribution in [2.24, 2.45) is 0 Å². The van der Waals surface area contributed by atoms with Crippen LogP contribution in [0.2, 0.25) is 0 Å². The SMILES string of the molecule is CCCCCCCCOc1ccc([I+]c2ccccc2)cc1.c1ccc([B-](c2ccccc2)(c2ccccc2)c2ccccc2)cc1. The van der Waals surface area contributed by atoms with E-state index in [4.69, 9.17) is 4.74 Å². The molecule has 0 aromatic heterocycles. The summed E-state index contributed by atoms with van der Waals surface area (Å²) in [7, 11) is 0. The molecule has 0 aliphatic heterocycles. The highest BCUT2D eigenvalue weighted by atomic mass is 127. The van der Waals surface area contributed by atoms with Crippen LogP contribution in [0.25, 0.3) is 0 Å². The van der Waals surface area contributed by atoms with Gasteiger partial charge in [-0.05, 0) is 42.8 Å². The second-order valence-electron chi connectivity index (χ2n) is 12.0. The molecule has 6 aromatic carbocycles. The van der Waals surface area contributed by atoms with Gasteiger partial charge in [0.1, 0.15) is 11.9 Å². The Bertz CT molecular complexity index is 1510. The van der Waals surface area contributed by atoms with Gasteiger partial charge < -0.3 is 4.74 Å². The molecule has 0 aliphatic carbocycles. The molecule has 47 heavy (non-hydrogen) atoms. The van der Waals surface area contributed by atoms with Gasteiger partial charge in [0.05, 0.1) is 6.61 Å². The molecule has 0 saturated carbocycles. The highest BCUT2D eigenvalue weighted by molar-refractivity contribution is 7.19. The Morgan fingerprint density at radius 2 is 0.766 bits per heavy atom. The number of halogens is 1. The lowest BCUT2D eigenvalue weighted by Crippen LogP contribution is -3.61. The number of ether oxygens (including phenoxy) is 1. The van der Waals surface area contributed by atoms with Crippen LogP contribution in [-0.2, 0) is 0 Å². The summed E-state index contributed by atoms with van der Waals surface area (Å²) in [4.78, 5) is 0. The number of rotatable bonds is 14. The molecule has 0 N–H and O–H groups in total. The van der Waals surface area contributed by atoms with Gasteiger partial charge in [0.15, 0.2) is 7.14 Å². The molecule has 0 unspecified atom stereocenters. The van der Waals surface area contributed by atoms with Crippen LogP contribution < -0.4 is 47.8 Å². The molecule has 0 atom stereocenters. The summed E-state index contributed by atoms with van der Waals surface area (Å²) in [5, 5.41) is 0. The van der Waals surface area contributed by atoms with Crippen LogP contribution in [-0.4, -0.2) is 12.8 Å². The van der Waals surface area contributed by atoms with Crippen LogP contribution >= 0.6 is 0 Å². The Morgan fingerprint density at radius 3 is 1.19 bits per heavy atom. The van der Waals surface area contributed by atoms with E-state index in [1.807, 2.05) is 0 Å². The maximum atomic E-state index is 5.83. The molecular formula is C44H46BIO. The molecule has 0 radical (unpaired) electrons. The molecule has 0 aliphatic rings. The third-order valence-electron chi connectivity index (χ3n) is 8.73. The first kappa shape index (κ1) is 34.3. The van der Waals surface area contributed by atoms with E-state index in [0.29, 0.717) is 0 Å². The predicted octanol–water partition coefficient (Wildman–Crippen LogP) is 5.62. The molecular weight excluding hydrogens is 682 g/mol. The molecule has 1 nitrogen and oxygen atoms in total.